The molecule has 0 aliphatic rings. The normalized spacial score (nSPS) is 11.3. The summed E-state index contributed by atoms with van der Waals surface area (Å²) in [4.78, 5) is 5.83. The minimum absolute atomic E-state index is 0.672. The van der Waals surface area contributed by atoms with Crippen molar-refractivity contribution in [3.8, 4) is 0 Å². The van der Waals surface area contributed by atoms with Gasteiger partial charge in [-0.25, -0.2) is 4.98 Å². The molecule has 0 atom stereocenters. The van der Waals surface area contributed by atoms with Crippen LogP contribution in [0.15, 0.2) is 6.20 Å². The number of thiazole rings is 1. The zero-order valence-electron chi connectivity index (χ0n) is 10.2. The highest BCUT2D eigenvalue weighted by Gasteiger charge is 2.10. The van der Waals surface area contributed by atoms with Gasteiger partial charge in [0.1, 0.15) is 0 Å². The number of aromatic nitrogens is 1. The van der Waals surface area contributed by atoms with Gasteiger partial charge in [-0.05, 0) is 24.7 Å². The van der Waals surface area contributed by atoms with Crippen LogP contribution in [0.25, 0.3) is 0 Å². The Morgan fingerprint density at radius 1 is 1.33 bits per heavy atom. The van der Waals surface area contributed by atoms with E-state index in [1.165, 1.54) is 17.7 Å². The Hall–Kier alpha value is -0.570. The molecule has 0 saturated carbocycles. The average molecular weight is 226 g/mol. The lowest BCUT2D eigenvalue weighted by molar-refractivity contribution is 0.652. The number of nitrogens with zero attached hydrogens (tertiary/aromatic N) is 1. The van der Waals surface area contributed by atoms with Crippen molar-refractivity contribution in [3.05, 3.63) is 11.1 Å². The molecule has 15 heavy (non-hydrogen) atoms. The topological polar surface area (TPSA) is 24.9 Å². The van der Waals surface area contributed by atoms with Crippen molar-refractivity contribution in [1.29, 1.82) is 0 Å². The van der Waals surface area contributed by atoms with Gasteiger partial charge in [-0.15, -0.1) is 11.3 Å². The highest BCUT2D eigenvalue weighted by Crippen LogP contribution is 2.30. The minimum atomic E-state index is 0.672. The van der Waals surface area contributed by atoms with E-state index >= 15 is 0 Å². The smallest absolute Gasteiger partial charge is 0.182 e. The first-order valence-electron chi connectivity index (χ1n) is 5.86. The van der Waals surface area contributed by atoms with Gasteiger partial charge in [0.2, 0.25) is 0 Å². The number of rotatable bonds is 6. The van der Waals surface area contributed by atoms with E-state index in [0.29, 0.717) is 11.8 Å². The maximum atomic E-state index is 4.41. The van der Waals surface area contributed by atoms with Crippen LogP contribution >= 0.6 is 11.3 Å². The lowest BCUT2D eigenvalue weighted by Crippen LogP contribution is -2.07. The second-order valence-electron chi connectivity index (χ2n) is 4.36. The molecule has 0 spiro atoms. The van der Waals surface area contributed by atoms with E-state index in [0.717, 1.165) is 11.7 Å². The molecule has 1 N–H and O–H groups in total. The van der Waals surface area contributed by atoms with Gasteiger partial charge in [-0.1, -0.05) is 27.7 Å². The quantitative estimate of drug-likeness (QED) is 0.789. The van der Waals surface area contributed by atoms with Gasteiger partial charge in [0, 0.05) is 17.6 Å². The lowest BCUT2D eigenvalue weighted by atomic mass is 10.0. The summed E-state index contributed by atoms with van der Waals surface area (Å²) in [5.41, 5.74) is 0. The zero-order valence-corrected chi connectivity index (χ0v) is 11.0. The first kappa shape index (κ1) is 12.5. The molecule has 0 fully saturated rings. The third-order valence-electron chi connectivity index (χ3n) is 2.57. The molecule has 0 aromatic carbocycles. The number of nitrogens with one attached hydrogen (secondary N) is 1. The van der Waals surface area contributed by atoms with E-state index in [2.05, 4.69) is 38.0 Å². The largest absolute Gasteiger partial charge is 0.361 e. The summed E-state index contributed by atoms with van der Waals surface area (Å²) in [7, 11) is 0. The van der Waals surface area contributed by atoms with Crippen LogP contribution in [0.3, 0.4) is 0 Å². The minimum Gasteiger partial charge on any atom is -0.361 e. The first-order valence-corrected chi connectivity index (χ1v) is 6.68. The number of hydrogen-bond acceptors (Lipinski definition) is 3. The average Bonchev–Trinajstić information content (AvgIpc) is 2.65. The fourth-order valence-corrected chi connectivity index (χ4v) is 2.63. The summed E-state index contributed by atoms with van der Waals surface area (Å²) >= 11 is 1.81. The van der Waals surface area contributed by atoms with Crippen LogP contribution < -0.4 is 5.32 Å². The molecule has 1 aromatic heterocycles. The SMILES string of the molecule is CCC(CC)c1cnc(NCC(C)C)s1. The van der Waals surface area contributed by atoms with Crippen LogP contribution in [-0.2, 0) is 0 Å². The number of anilines is 1. The van der Waals surface area contributed by atoms with Crippen LogP contribution in [0.2, 0.25) is 0 Å². The molecule has 1 aromatic rings. The van der Waals surface area contributed by atoms with Crippen molar-refractivity contribution in [2.75, 3.05) is 11.9 Å². The Morgan fingerprint density at radius 2 is 2.00 bits per heavy atom. The molecule has 2 nitrogen and oxygen atoms in total. The molecule has 0 aliphatic carbocycles. The van der Waals surface area contributed by atoms with Gasteiger partial charge < -0.3 is 5.32 Å². The van der Waals surface area contributed by atoms with Gasteiger partial charge in [0.25, 0.3) is 0 Å². The van der Waals surface area contributed by atoms with Crippen molar-refractivity contribution in [2.24, 2.45) is 5.92 Å². The molecule has 0 amide bonds. The predicted molar refractivity (Wildman–Crippen MR) is 68.8 cm³/mol. The fraction of sp³-hybridized carbons (Fsp3) is 0.750. The molecular formula is C12H22N2S. The van der Waals surface area contributed by atoms with Crippen molar-refractivity contribution in [2.45, 2.75) is 46.5 Å². The van der Waals surface area contributed by atoms with Crippen LogP contribution in [0.4, 0.5) is 5.13 Å². The third-order valence-corrected chi connectivity index (χ3v) is 3.69. The van der Waals surface area contributed by atoms with E-state index in [4.69, 9.17) is 0 Å². The van der Waals surface area contributed by atoms with Crippen molar-refractivity contribution >= 4 is 16.5 Å². The van der Waals surface area contributed by atoms with E-state index in [1.54, 1.807) is 0 Å². The fourth-order valence-electron chi connectivity index (χ4n) is 1.54. The summed E-state index contributed by atoms with van der Waals surface area (Å²) in [6, 6.07) is 0. The van der Waals surface area contributed by atoms with Gasteiger partial charge in [-0.3, -0.25) is 0 Å². The molecule has 0 saturated heterocycles. The highest BCUT2D eigenvalue weighted by molar-refractivity contribution is 7.15. The molecule has 0 bridgehead atoms. The zero-order chi connectivity index (χ0) is 11.3. The maximum Gasteiger partial charge on any atom is 0.182 e. The van der Waals surface area contributed by atoms with Crippen molar-refractivity contribution in [3.63, 3.8) is 0 Å². The van der Waals surface area contributed by atoms with E-state index in [9.17, 15) is 0 Å². The third kappa shape index (κ3) is 3.82. The van der Waals surface area contributed by atoms with Gasteiger partial charge >= 0.3 is 0 Å². The predicted octanol–water partition coefficient (Wildman–Crippen LogP) is 4.11. The van der Waals surface area contributed by atoms with Crippen molar-refractivity contribution in [1.82, 2.24) is 4.98 Å². The Labute approximate surface area is 97.1 Å². The van der Waals surface area contributed by atoms with E-state index < -0.39 is 0 Å². The highest BCUT2D eigenvalue weighted by atomic mass is 32.1. The van der Waals surface area contributed by atoms with Gasteiger partial charge in [0.15, 0.2) is 5.13 Å². The van der Waals surface area contributed by atoms with Crippen LogP contribution in [0, 0.1) is 5.92 Å². The Kier molecular flexibility index (Phi) is 5.09. The van der Waals surface area contributed by atoms with Crippen LogP contribution in [0.5, 0.6) is 0 Å². The molecular weight excluding hydrogens is 204 g/mol. The standard InChI is InChI=1S/C12H22N2S/c1-5-10(6-2)11-8-14-12(15-11)13-7-9(3)4/h8-10H,5-7H2,1-4H3,(H,13,14). The Bertz CT molecular complexity index is 277. The summed E-state index contributed by atoms with van der Waals surface area (Å²) in [5, 5.41) is 4.45. The molecule has 86 valence electrons. The molecule has 1 heterocycles. The van der Waals surface area contributed by atoms with Crippen LogP contribution in [-0.4, -0.2) is 11.5 Å². The summed E-state index contributed by atoms with van der Waals surface area (Å²) < 4.78 is 0. The molecule has 0 unspecified atom stereocenters. The summed E-state index contributed by atoms with van der Waals surface area (Å²) in [6.07, 6.45) is 4.45. The second-order valence-corrected chi connectivity index (χ2v) is 5.42. The van der Waals surface area contributed by atoms with E-state index in [-0.39, 0.29) is 0 Å². The van der Waals surface area contributed by atoms with Gasteiger partial charge in [-0.2, -0.15) is 0 Å². The summed E-state index contributed by atoms with van der Waals surface area (Å²) in [5.74, 6) is 1.36. The number of hydrogen-bond donors (Lipinski definition) is 1. The molecule has 0 aliphatic heterocycles. The first-order chi connectivity index (χ1) is 7.17. The van der Waals surface area contributed by atoms with Crippen LogP contribution in [0.1, 0.15) is 51.3 Å². The van der Waals surface area contributed by atoms with Crippen molar-refractivity contribution < 1.29 is 0 Å². The van der Waals surface area contributed by atoms with Gasteiger partial charge in [0.05, 0.1) is 0 Å². The lowest BCUT2D eigenvalue weighted by Gasteiger charge is -2.08. The molecule has 1 rings (SSSR count). The Morgan fingerprint density at radius 3 is 2.53 bits per heavy atom. The second kappa shape index (κ2) is 6.11. The molecule has 0 radical (unpaired) electrons. The van der Waals surface area contributed by atoms with E-state index in [1.807, 2.05) is 17.5 Å². The monoisotopic (exact) mass is 226 g/mol. The maximum absolute atomic E-state index is 4.41. The summed E-state index contributed by atoms with van der Waals surface area (Å²) in [6.45, 7) is 9.92. The Balaban J connectivity index is 2.55. The molecule has 3 heteroatoms.